The summed E-state index contributed by atoms with van der Waals surface area (Å²) >= 11 is 0. The minimum Gasteiger partial charge on any atom is -0.497 e. The summed E-state index contributed by atoms with van der Waals surface area (Å²) in [7, 11) is -0.729. The van der Waals surface area contributed by atoms with Crippen LogP contribution in [-0.2, 0) is 14.8 Å². The molecule has 0 aliphatic carbocycles. The second-order valence-electron chi connectivity index (χ2n) is 6.41. The van der Waals surface area contributed by atoms with Gasteiger partial charge in [0.25, 0.3) is 5.69 Å². The number of anilines is 1. The van der Waals surface area contributed by atoms with Crippen LogP contribution in [0.15, 0.2) is 47.4 Å². The number of benzene rings is 2. The van der Waals surface area contributed by atoms with Crippen LogP contribution in [0, 0.1) is 17.0 Å². The number of nitrogens with one attached hydrogen (secondary N) is 1. The van der Waals surface area contributed by atoms with Gasteiger partial charge in [0.05, 0.1) is 22.6 Å². The minimum atomic E-state index is -3.67. The molecule has 0 aliphatic heterocycles. The van der Waals surface area contributed by atoms with Crippen LogP contribution in [0.5, 0.6) is 5.75 Å². The molecule has 0 unspecified atom stereocenters. The quantitative estimate of drug-likeness (QED) is 0.491. The Morgan fingerprint density at radius 2 is 1.86 bits per heavy atom. The molecule has 0 heterocycles. The average Bonchev–Trinajstić information content (AvgIpc) is 2.69. The molecular formula is C19H23N3O6S. The number of aryl methyl sites for hydroxylation is 1. The van der Waals surface area contributed by atoms with Crippen molar-refractivity contribution in [3.8, 4) is 5.75 Å². The normalized spacial score (nSPS) is 11.3. The fraction of sp³-hybridized carbons (Fsp3) is 0.316. The van der Waals surface area contributed by atoms with Crippen molar-refractivity contribution in [1.29, 1.82) is 0 Å². The Labute approximate surface area is 169 Å². The predicted octanol–water partition coefficient (Wildman–Crippen LogP) is 2.95. The van der Waals surface area contributed by atoms with Crippen LogP contribution < -0.4 is 10.1 Å². The van der Waals surface area contributed by atoms with Crippen molar-refractivity contribution in [2.24, 2.45) is 0 Å². The molecular weight excluding hydrogens is 398 g/mol. The molecule has 2 aromatic carbocycles. The van der Waals surface area contributed by atoms with Gasteiger partial charge in [-0.05, 0) is 43.2 Å². The zero-order valence-electron chi connectivity index (χ0n) is 16.4. The van der Waals surface area contributed by atoms with Crippen LogP contribution in [0.3, 0.4) is 0 Å². The standard InChI is InChI=1S/C19H23N3O6S/c1-14-6-7-15(22(24)25)13-18(14)20-19(23)5-4-12-21(2)29(26,27)17-10-8-16(28-3)9-11-17/h6-11,13H,4-5,12H2,1-3H3,(H,20,23). The first-order chi connectivity index (χ1) is 13.6. The summed E-state index contributed by atoms with van der Waals surface area (Å²) in [6.07, 6.45) is 0.371. The van der Waals surface area contributed by atoms with Gasteiger partial charge < -0.3 is 10.1 Å². The van der Waals surface area contributed by atoms with E-state index in [4.69, 9.17) is 4.74 Å². The van der Waals surface area contributed by atoms with E-state index in [1.54, 1.807) is 25.1 Å². The van der Waals surface area contributed by atoms with Crippen molar-refractivity contribution in [2.75, 3.05) is 26.0 Å². The second kappa shape index (κ2) is 9.48. The Balaban J connectivity index is 1.92. The van der Waals surface area contributed by atoms with Gasteiger partial charge in [0, 0.05) is 32.1 Å². The zero-order valence-corrected chi connectivity index (χ0v) is 17.2. The van der Waals surface area contributed by atoms with E-state index in [1.807, 2.05) is 0 Å². The van der Waals surface area contributed by atoms with Crippen LogP contribution in [0.1, 0.15) is 18.4 Å². The van der Waals surface area contributed by atoms with Gasteiger partial charge in [-0.2, -0.15) is 0 Å². The maximum Gasteiger partial charge on any atom is 0.271 e. The van der Waals surface area contributed by atoms with Crippen molar-refractivity contribution in [2.45, 2.75) is 24.7 Å². The molecule has 2 rings (SSSR count). The number of hydrogen-bond acceptors (Lipinski definition) is 6. The SMILES string of the molecule is COc1ccc(S(=O)(=O)N(C)CCCC(=O)Nc2cc([N+](=O)[O-])ccc2C)cc1. The van der Waals surface area contributed by atoms with E-state index in [2.05, 4.69) is 5.32 Å². The zero-order chi connectivity index (χ0) is 21.6. The smallest absolute Gasteiger partial charge is 0.271 e. The molecule has 0 saturated carbocycles. The van der Waals surface area contributed by atoms with E-state index in [0.29, 0.717) is 23.4 Å². The lowest BCUT2D eigenvalue weighted by Gasteiger charge is -2.17. The molecule has 9 nitrogen and oxygen atoms in total. The van der Waals surface area contributed by atoms with E-state index in [1.165, 1.54) is 42.7 Å². The number of ether oxygens (including phenoxy) is 1. The number of hydrogen-bond donors (Lipinski definition) is 1. The molecule has 10 heteroatoms. The number of sulfonamides is 1. The summed E-state index contributed by atoms with van der Waals surface area (Å²) in [6, 6.07) is 10.3. The summed E-state index contributed by atoms with van der Waals surface area (Å²) in [5.41, 5.74) is 0.947. The third-order valence-electron chi connectivity index (χ3n) is 4.35. The number of rotatable bonds is 9. The lowest BCUT2D eigenvalue weighted by atomic mass is 10.1. The fourth-order valence-corrected chi connectivity index (χ4v) is 3.79. The van der Waals surface area contributed by atoms with Crippen molar-refractivity contribution < 1.29 is 22.9 Å². The lowest BCUT2D eigenvalue weighted by molar-refractivity contribution is -0.384. The van der Waals surface area contributed by atoms with Gasteiger partial charge in [-0.25, -0.2) is 12.7 Å². The van der Waals surface area contributed by atoms with Gasteiger partial charge in [0.1, 0.15) is 5.75 Å². The molecule has 0 aliphatic rings. The highest BCUT2D eigenvalue weighted by Crippen LogP contribution is 2.22. The summed E-state index contributed by atoms with van der Waals surface area (Å²) in [6.45, 7) is 1.88. The summed E-state index contributed by atoms with van der Waals surface area (Å²) < 4.78 is 31.3. The molecule has 0 fully saturated rings. The highest BCUT2D eigenvalue weighted by molar-refractivity contribution is 7.89. The molecule has 0 radical (unpaired) electrons. The summed E-state index contributed by atoms with van der Waals surface area (Å²) in [4.78, 5) is 22.6. The molecule has 0 spiro atoms. The van der Waals surface area contributed by atoms with Gasteiger partial charge >= 0.3 is 0 Å². The maximum atomic E-state index is 12.6. The molecule has 0 aromatic heterocycles. The molecule has 1 N–H and O–H groups in total. The average molecular weight is 421 g/mol. The third kappa shape index (κ3) is 5.75. The van der Waals surface area contributed by atoms with Gasteiger partial charge in [0.15, 0.2) is 0 Å². The van der Waals surface area contributed by atoms with Gasteiger partial charge in [-0.15, -0.1) is 0 Å². The van der Waals surface area contributed by atoms with Gasteiger partial charge in [0.2, 0.25) is 15.9 Å². The molecule has 29 heavy (non-hydrogen) atoms. The second-order valence-corrected chi connectivity index (χ2v) is 8.46. The third-order valence-corrected chi connectivity index (χ3v) is 6.22. The fourth-order valence-electron chi connectivity index (χ4n) is 2.58. The van der Waals surface area contributed by atoms with Gasteiger partial charge in [-0.3, -0.25) is 14.9 Å². The predicted molar refractivity (Wildman–Crippen MR) is 109 cm³/mol. The van der Waals surface area contributed by atoms with Crippen molar-refractivity contribution >= 4 is 27.3 Å². The number of methoxy groups -OCH3 is 1. The summed E-state index contributed by atoms with van der Waals surface area (Å²) in [5.74, 6) is 0.212. The number of nitro benzene ring substituents is 1. The monoisotopic (exact) mass is 421 g/mol. The molecule has 0 atom stereocenters. The first-order valence-corrected chi connectivity index (χ1v) is 10.2. The molecule has 0 bridgehead atoms. The number of carbonyl (C=O) groups is 1. The van der Waals surface area contributed by atoms with Crippen molar-refractivity contribution in [1.82, 2.24) is 4.31 Å². The Bertz CT molecular complexity index is 990. The van der Waals surface area contributed by atoms with E-state index < -0.39 is 14.9 Å². The summed E-state index contributed by atoms with van der Waals surface area (Å²) in [5, 5.41) is 13.5. The Hall–Kier alpha value is -2.98. The number of amides is 1. The minimum absolute atomic E-state index is 0.0740. The molecule has 1 amide bonds. The van der Waals surface area contributed by atoms with Gasteiger partial charge in [-0.1, -0.05) is 6.07 Å². The maximum absolute atomic E-state index is 12.6. The number of non-ortho nitro benzene ring substituents is 1. The number of nitrogens with zero attached hydrogens (tertiary/aromatic N) is 2. The number of nitro groups is 1. The van der Waals surface area contributed by atoms with Crippen LogP contribution in [-0.4, -0.2) is 44.3 Å². The molecule has 156 valence electrons. The van der Waals surface area contributed by atoms with E-state index in [9.17, 15) is 23.3 Å². The molecule has 0 saturated heterocycles. The van der Waals surface area contributed by atoms with Crippen molar-refractivity contribution in [3.05, 3.63) is 58.1 Å². The Morgan fingerprint density at radius 3 is 2.45 bits per heavy atom. The van der Waals surface area contributed by atoms with Crippen LogP contribution >= 0.6 is 0 Å². The first-order valence-electron chi connectivity index (χ1n) is 8.80. The van der Waals surface area contributed by atoms with E-state index in [0.717, 1.165) is 0 Å². The van der Waals surface area contributed by atoms with E-state index in [-0.39, 0.29) is 29.5 Å². The highest BCUT2D eigenvalue weighted by atomic mass is 32.2. The Kier molecular flexibility index (Phi) is 7.29. The topological polar surface area (TPSA) is 119 Å². The highest BCUT2D eigenvalue weighted by Gasteiger charge is 2.20. The lowest BCUT2D eigenvalue weighted by Crippen LogP contribution is -2.28. The van der Waals surface area contributed by atoms with Crippen molar-refractivity contribution in [3.63, 3.8) is 0 Å². The van der Waals surface area contributed by atoms with Crippen LogP contribution in [0.4, 0.5) is 11.4 Å². The van der Waals surface area contributed by atoms with Crippen LogP contribution in [0.25, 0.3) is 0 Å². The largest absolute Gasteiger partial charge is 0.497 e. The number of carbonyl (C=O) groups excluding carboxylic acids is 1. The van der Waals surface area contributed by atoms with Crippen LogP contribution in [0.2, 0.25) is 0 Å². The Morgan fingerprint density at radius 1 is 1.21 bits per heavy atom. The first kappa shape index (κ1) is 22.3. The molecule has 2 aromatic rings. The van der Waals surface area contributed by atoms with E-state index >= 15 is 0 Å².